The van der Waals surface area contributed by atoms with Gasteiger partial charge in [-0.05, 0) is 35.9 Å². The Hall–Kier alpha value is -3.39. The normalized spacial score (nSPS) is 11.1. The number of aromatic hydroxyl groups is 1. The zero-order chi connectivity index (χ0) is 21.2. The number of carbonyl (C=O) groups is 1. The molecule has 1 heterocycles. The molecule has 9 nitrogen and oxygen atoms in total. The molecule has 148 valence electrons. The minimum Gasteiger partial charge on any atom is -0.508 e. The van der Waals surface area contributed by atoms with Crippen LogP contribution in [0.3, 0.4) is 0 Å². The van der Waals surface area contributed by atoms with E-state index >= 15 is 0 Å². The Morgan fingerprint density at radius 3 is 2.69 bits per heavy atom. The summed E-state index contributed by atoms with van der Waals surface area (Å²) in [5, 5.41) is 30.3. The average Bonchev–Trinajstić information content (AvgIpc) is 3.12. The number of aromatic nitrogens is 2. The maximum atomic E-state index is 12.3. The molecule has 0 fully saturated rings. The van der Waals surface area contributed by atoms with Gasteiger partial charge in [0, 0.05) is 16.9 Å². The first-order valence-electron chi connectivity index (χ1n) is 8.06. The van der Waals surface area contributed by atoms with Crippen LogP contribution in [-0.4, -0.2) is 29.2 Å². The fourth-order valence-corrected chi connectivity index (χ4v) is 3.56. The van der Waals surface area contributed by atoms with E-state index in [4.69, 9.17) is 22.0 Å². The summed E-state index contributed by atoms with van der Waals surface area (Å²) in [5.74, 6) is -0.470. The molecule has 3 aromatic rings. The second kappa shape index (κ2) is 7.92. The van der Waals surface area contributed by atoms with Gasteiger partial charge in [-0.15, -0.1) is 0 Å². The van der Waals surface area contributed by atoms with E-state index < -0.39 is 15.9 Å². The maximum Gasteiger partial charge on any atom is 0.240 e. The minimum atomic E-state index is -4.15. The van der Waals surface area contributed by atoms with Crippen LogP contribution in [-0.2, 0) is 21.2 Å². The number of amides is 1. The first kappa shape index (κ1) is 20.3. The van der Waals surface area contributed by atoms with Gasteiger partial charge in [-0.25, -0.2) is 18.2 Å². The fourth-order valence-electron chi connectivity index (χ4n) is 2.58. The van der Waals surface area contributed by atoms with Gasteiger partial charge in [-0.2, -0.15) is 10.4 Å². The first-order valence-corrected chi connectivity index (χ1v) is 9.99. The highest BCUT2D eigenvalue weighted by molar-refractivity contribution is 7.89. The van der Waals surface area contributed by atoms with Crippen LogP contribution >= 0.6 is 11.6 Å². The lowest BCUT2D eigenvalue weighted by atomic mass is 10.1. The van der Waals surface area contributed by atoms with Crippen molar-refractivity contribution in [3.8, 4) is 17.5 Å². The molecule has 0 saturated carbocycles. The Kier molecular flexibility index (Phi) is 5.56. The summed E-state index contributed by atoms with van der Waals surface area (Å²) >= 11 is 6.00. The molecule has 0 unspecified atom stereocenters. The van der Waals surface area contributed by atoms with Crippen molar-refractivity contribution in [3.63, 3.8) is 0 Å². The van der Waals surface area contributed by atoms with E-state index in [0.717, 1.165) is 0 Å². The number of halogens is 1. The van der Waals surface area contributed by atoms with E-state index in [1.54, 1.807) is 0 Å². The van der Waals surface area contributed by atoms with Crippen LogP contribution in [0.15, 0.2) is 53.7 Å². The molecule has 11 heteroatoms. The van der Waals surface area contributed by atoms with Crippen molar-refractivity contribution in [3.05, 3.63) is 64.9 Å². The Morgan fingerprint density at radius 2 is 2.07 bits per heavy atom. The standard InChI is InChI=1S/C18H14ClN5O4S/c19-15-7-14(25)3-1-12(15)5-18(26)23-13-2-4-16(17(6-13)29(21,27)28)24-10-11(8-20)9-22-24/h1-4,6-7,9-10,25H,5H2,(H,23,26)(H2,21,27,28). The number of carbonyl (C=O) groups excluding carboxylic acids is 1. The van der Waals surface area contributed by atoms with E-state index in [0.29, 0.717) is 5.56 Å². The van der Waals surface area contributed by atoms with E-state index in [9.17, 15) is 18.3 Å². The lowest BCUT2D eigenvalue weighted by Gasteiger charge is -2.12. The monoisotopic (exact) mass is 431 g/mol. The second-order valence-corrected chi connectivity index (χ2v) is 7.95. The van der Waals surface area contributed by atoms with Gasteiger partial charge in [0.1, 0.15) is 16.7 Å². The van der Waals surface area contributed by atoms with Gasteiger partial charge in [0.15, 0.2) is 0 Å². The predicted octanol–water partition coefficient (Wildman–Crippen LogP) is 1.93. The second-order valence-electron chi connectivity index (χ2n) is 6.01. The summed E-state index contributed by atoms with van der Waals surface area (Å²) in [7, 11) is -4.15. The van der Waals surface area contributed by atoms with Crippen LogP contribution in [0.4, 0.5) is 5.69 Å². The number of phenols is 1. The molecule has 1 amide bonds. The van der Waals surface area contributed by atoms with Crippen LogP contribution in [0.5, 0.6) is 5.75 Å². The molecular formula is C18H14ClN5O4S. The van der Waals surface area contributed by atoms with Crippen molar-refractivity contribution < 1.29 is 18.3 Å². The van der Waals surface area contributed by atoms with E-state index in [1.165, 1.54) is 53.5 Å². The van der Waals surface area contributed by atoms with E-state index in [1.807, 2.05) is 6.07 Å². The van der Waals surface area contributed by atoms with Crippen LogP contribution in [0, 0.1) is 11.3 Å². The molecule has 0 radical (unpaired) electrons. The largest absolute Gasteiger partial charge is 0.508 e. The summed E-state index contributed by atoms with van der Waals surface area (Å²) in [6, 6.07) is 10.2. The molecule has 0 aliphatic carbocycles. The van der Waals surface area contributed by atoms with Gasteiger partial charge < -0.3 is 10.4 Å². The number of benzene rings is 2. The average molecular weight is 432 g/mol. The van der Waals surface area contributed by atoms with Crippen molar-refractivity contribution in [2.24, 2.45) is 5.14 Å². The van der Waals surface area contributed by atoms with Crippen LogP contribution in [0.1, 0.15) is 11.1 Å². The molecule has 0 aliphatic rings. The number of nitriles is 1. The smallest absolute Gasteiger partial charge is 0.240 e. The van der Waals surface area contributed by atoms with Gasteiger partial charge in [-0.3, -0.25) is 4.79 Å². The molecule has 0 bridgehead atoms. The number of hydrogen-bond acceptors (Lipinski definition) is 6. The number of sulfonamides is 1. The SMILES string of the molecule is N#Cc1cnn(-c2ccc(NC(=O)Cc3ccc(O)cc3Cl)cc2S(N)(=O)=O)c1. The third-order valence-electron chi connectivity index (χ3n) is 3.90. The van der Waals surface area contributed by atoms with Crippen molar-refractivity contribution in [2.45, 2.75) is 11.3 Å². The maximum absolute atomic E-state index is 12.3. The highest BCUT2D eigenvalue weighted by atomic mass is 35.5. The summed E-state index contributed by atoms with van der Waals surface area (Å²) in [6.07, 6.45) is 2.55. The molecule has 0 aliphatic heterocycles. The molecule has 29 heavy (non-hydrogen) atoms. The van der Waals surface area contributed by atoms with Crippen LogP contribution in [0.25, 0.3) is 5.69 Å². The summed E-state index contributed by atoms with van der Waals surface area (Å²) in [5.41, 5.74) is 1.07. The summed E-state index contributed by atoms with van der Waals surface area (Å²) in [6.45, 7) is 0. The van der Waals surface area contributed by atoms with Crippen LogP contribution in [0.2, 0.25) is 5.02 Å². The quantitative estimate of drug-likeness (QED) is 0.561. The number of anilines is 1. The van der Waals surface area contributed by atoms with Crippen molar-refractivity contribution in [1.29, 1.82) is 5.26 Å². The molecule has 0 atom stereocenters. The molecule has 2 aromatic carbocycles. The lowest BCUT2D eigenvalue weighted by Crippen LogP contribution is -2.18. The Bertz CT molecular complexity index is 1250. The number of primary sulfonamides is 1. The topological polar surface area (TPSA) is 151 Å². The number of nitrogens with zero attached hydrogens (tertiary/aromatic N) is 3. The molecule has 1 aromatic heterocycles. The molecule has 0 spiro atoms. The van der Waals surface area contributed by atoms with Crippen molar-refractivity contribution >= 4 is 33.2 Å². The summed E-state index contributed by atoms with van der Waals surface area (Å²) < 4.78 is 25.3. The Balaban J connectivity index is 1.88. The number of hydrogen-bond donors (Lipinski definition) is 3. The molecule has 0 saturated heterocycles. The highest BCUT2D eigenvalue weighted by Crippen LogP contribution is 2.25. The van der Waals surface area contributed by atoms with E-state index in [2.05, 4.69) is 10.4 Å². The van der Waals surface area contributed by atoms with E-state index in [-0.39, 0.29) is 39.0 Å². The summed E-state index contributed by atoms with van der Waals surface area (Å²) in [4.78, 5) is 12.0. The fraction of sp³-hybridized carbons (Fsp3) is 0.0556. The third-order valence-corrected chi connectivity index (χ3v) is 5.19. The highest BCUT2D eigenvalue weighted by Gasteiger charge is 2.18. The van der Waals surface area contributed by atoms with Crippen molar-refractivity contribution in [2.75, 3.05) is 5.32 Å². The number of nitrogens with two attached hydrogens (primary N) is 1. The number of rotatable bonds is 5. The van der Waals surface area contributed by atoms with Gasteiger partial charge in [-0.1, -0.05) is 17.7 Å². The Labute approximate surface area is 171 Å². The van der Waals surface area contributed by atoms with Crippen LogP contribution < -0.4 is 10.5 Å². The number of nitrogens with one attached hydrogen (secondary N) is 1. The van der Waals surface area contributed by atoms with Crippen molar-refractivity contribution in [1.82, 2.24) is 9.78 Å². The minimum absolute atomic E-state index is 0.0225. The lowest BCUT2D eigenvalue weighted by molar-refractivity contribution is -0.115. The molecule has 4 N–H and O–H groups in total. The number of phenolic OH excluding ortho intramolecular Hbond substituents is 1. The van der Waals surface area contributed by atoms with Gasteiger partial charge in [0.05, 0.1) is 23.9 Å². The third kappa shape index (κ3) is 4.72. The molecule has 3 rings (SSSR count). The van der Waals surface area contributed by atoms with Gasteiger partial charge in [0.2, 0.25) is 15.9 Å². The molecular weight excluding hydrogens is 418 g/mol. The predicted molar refractivity (Wildman–Crippen MR) is 105 cm³/mol. The van der Waals surface area contributed by atoms with Gasteiger partial charge >= 0.3 is 0 Å². The van der Waals surface area contributed by atoms with Gasteiger partial charge in [0.25, 0.3) is 0 Å². The Morgan fingerprint density at radius 1 is 1.31 bits per heavy atom. The zero-order valence-corrected chi connectivity index (χ0v) is 16.3. The first-order chi connectivity index (χ1) is 13.7. The zero-order valence-electron chi connectivity index (χ0n) is 14.7.